The Hall–Kier alpha value is -1.23. The van der Waals surface area contributed by atoms with Crippen LogP contribution in [0.15, 0.2) is 12.1 Å². The molecule has 1 aromatic heterocycles. The predicted molar refractivity (Wildman–Crippen MR) is 54.7 cm³/mol. The molecule has 88 valence electrons. The van der Waals surface area contributed by atoms with Crippen molar-refractivity contribution in [3.63, 3.8) is 0 Å². The molecular weight excluding hydrogens is 240 g/mol. The van der Waals surface area contributed by atoms with Gasteiger partial charge in [0.1, 0.15) is 5.69 Å². The molecule has 1 aromatic rings. The Kier molecular flexibility index (Phi) is 4.61. The van der Waals surface area contributed by atoms with Gasteiger partial charge in [0.15, 0.2) is 0 Å². The van der Waals surface area contributed by atoms with Crippen molar-refractivity contribution in [1.82, 2.24) is 4.98 Å². The zero-order valence-electron chi connectivity index (χ0n) is 8.54. The van der Waals surface area contributed by atoms with E-state index >= 15 is 0 Å². The van der Waals surface area contributed by atoms with E-state index in [0.717, 1.165) is 6.07 Å². The first-order valence-electron chi connectivity index (χ1n) is 4.60. The summed E-state index contributed by atoms with van der Waals surface area (Å²) in [5.74, 6) is -0.760. The fourth-order valence-corrected chi connectivity index (χ4v) is 1.25. The molecule has 0 amide bonds. The van der Waals surface area contributed by atoms with Crippen LogP contribution in [0.2, 0.25) is 0 Å². The van der Waals surface area contributed by atoms with E-state index in [9.17, 15) is 13.6 Å². The molecule has 0 saturated carbocycles. The van der Waals surface area contributed by atoms with E-state index < -0.39 is 12.4 Å². The molecular formula is C10H10ClF2NO2. The maximum atomic E-state index is 12.5. The third-order valence-corrected chi connectivity index (χ3v) is 2.05. The van der Waals surface area contributed by atoms with Crippen LogP contribution in [0.4, 0.5) is 8.78 Å². The number of ether oxygens (including phenoxy) is 1. The first-order chi connectivity index (χ1) is 7.58. The van der Waals surface area contributed by atoms with Gasteiger partial charge in [0, 0.05) is 5.56 Å². The van der Waals surface area contributed by atoms with Gasteiger partial charge in [-0.25, -0.2) is 18.6 Å². The molecule has 0 aliphatic carbocycles. The van der Waals surface area contributed by atoms with Gasteiger partial charge in [-0.3, -0.25) is 0 Å². The van der Waals surface area contributed by atoms with Crippen LogP contribution in [-0.2, 0) is 10.6 Å². The Morgan fingerprint density at radius 1 is 1.56 bits per heavy atom. The summed E-state index contributed by atoms with van der Waals surface area (Å²) < 4.78 is 29.7. The van der Waals surface area contributed by atoms with Crippen molar-refractivity contribution in [3.8, 4) is 0 Å². The molecule has 0 atom stereocenters. The number of rotatable bonds is 4. The van der Waals surface area contributed by atoms with Gasteiger partial charge in [-0.15, -0.1) is 11.6 Å². The van der Waals surface area contributed by atoms with Gasteiger partial charge < -0.3 is 4.74 Å². The average molecular weight is 250 g/mol. The minimum Gasteiger partial charge on any atom is -0.461 e. The summed E-state index contributed by atoms with van der Waals surface area (Å²) in [5, 5.41) is 0. The molecule has 0 aromatic carbocycles. The summed E-state index contributed by atoms with van der Waals surface area (Å²) in [6, 6.07) is 2.18. The van der Waals surface area contributed by atoms with Crippen LogP contribution in [0, 0.1) is 0 Å². The van der Waals surface area contributed by atoms with Crippen molar-refractivity contribution in [2.75, 3.05) is 6.61 Å². The molecule has 0 saturated heterocycles. The van der Waals surface area contributed by atoms with Crippen LogP contribution in [0.25, 0.3) is 0 Å². The summed E-state index contributed by atoms with van der Waals surface area (Å²) in [4.78, 5) is 15.1. The molecule has 0 N–H and O–H groups in total. The van der Waals surface area contributed by atoms with Gasteiger partial charge in [0.25, 0.3) is 6.43 Å². The van der Waals surface area contributed by atoms with Crippen molar-refractivity contribution in [2.45, 2.75) is 19.2 Å². The highest BCUT2D eigenvalue weighted by Crippen LogP contribution is 2.21. The lowest BCUT2D eigenvalue weighted by molar-refractivity contribution is 0.0518. The van der Waals surface area contributed by atoms with Crippen molar-refractivity contribution in [3.05, 3.63) is 29.1 Å². The van der Waals surface area contributed by atoms with Crippen LogP contribution < -0.4 is 0 Å². The Balaban J connectivity index is 3.08. The highest BCUT2D eigenvalue weighted by Gasteiger charge is 2.15. The van der Waals surface area contributed by atoms with Crippen LogP contribution in [0.5, 0.6) is 0 Å². The molecule has 0 aliphatic rings. The second kappa shape index (κ2) is 5.75. The molecule has 0 spiro atoms. The number of nitrogens with zero attached hydrogens (tertiary/aromatic N) is 1. The number of alkyl halides is 3. The summed E-state index contributed by atoms with van der Waals surface area (Å²) in [7, 11) is 0. The smallest absolute Gasteiger partial charge is 0.356 e. The molecule has 16 heavy (non-hydrogen) atoms. The lowest BCUT2D eigenvalue weighted by Crippen LogP contribution is -2.09. The van der Waals surface area contributed by atoms with Crippen LogP contribution >= 0.6 is 11.6 Å². The van der Waals surface area contributed by atoms with E-state index in [1.54, 1.807) is 6.92 Å². The van der Waals surface area contributed by atoms with Crippen molar-refractivity contribution in [1.29, 1.82) is 0 Å². The van der Waals surface area contributed by atoms with Crippen LogP contribution in [-0.4, -0.2) is 17.6 Å². The summed E-state index contributed by atoms with van der Waals surface area (Å²) in [6.07, 6.45) is -2.67. The van der Waals surface area contributed by atoms with Crippen molar-refractivity contribution in [2.24, 2.45) is 0 Å². The third-order valence-electron chi connectivity index (χ3n) is 1.77. The van der Waals surface area contributed by atoms with E-state index in [4.69, 9.17) is 11.6 Å². The van der Waals surface area contributed by atoms with E-state index in [0.29, 0.717) is 0 Å². The monoisotopic (exact) mass is 249 g/mol. The summed E-state index contributed by atoms with van der Waals surface area (Å²) >= 11 is 5.50. The molecule has 3 nitrogen and oxygen atoms in total. The Bertz CT molecular complexity index is 385. The summed E-state index contributed by atoms with van der Waals surface area (Å²) in [6.45, 7) is 1.78. The number of aromatic nitrogens is 1. The maximum absolute atomic E-state index is 12.5. The fourth-order valence-electron chi connectivity index (χ4n) is 1.12. The molecule has 0 aliphatic heterocycles. The lowest BCUT2D eigenvalue weighted by Gasteiger charge is -2.06. The molecule has 1 rings (SSSR count). The third kappa shape index (κ3) is 3.13. The largest absolute Gasteiger partial charge is 0.461 e. The van der Waals surface area contributed by atoms with E-state index in [-0.39, 0.29) is 29.4 Å². The number of hydrogen-bond donors (Lipinski definition) is 0. The highest BCUT2D eigenvalue weighted by molar-refractivity contribution is 6.16. The molecule has 6 heteroatoms. The Labute approximate surface area is 96.4 Å². The second-order valence-electron chi connectivity index (χ2n) is 2.93. The summed E-state index contributed by atoms with van der Waals surface area (Å²) in [5.41, 5.74) is -0.202. The number of hydrogen-bond acceptors (Lipinski definition) is 3. The zero-order chi connectivity index (χ0) is 12.1. The minimum absolute atomic E-state index is 0.0348. The molecule has 0 unspecified atom stereocenters. The average Bonchev–Trinajstić information content (AvgIpc) is 2.28. The normalized spacial score (nSPS) is 10.6. The minimum atomic E-state index is -2.67. The van der Waals surface area contributed by atoms with E-state index in [1.165, 1.54) is 6.07 Å². The fraction of sp³-hybridized carbons (Fsp3) is 0.400. The van der Waals surface area contributed by atoms with Crippen molar-refractivity contribution >= 4 is 17.6 Å². The highest BCUT2D eigenvalue weighted by atomic mass is 35.5. The standard InChI is InChI=1S/C10H10ClF2NO2/c1-2-16-10(15)8-4-6(9(12)13)3-7(5-11)14-8/h3-4,9H,2,5H2,1H3. The number of halogens is 3. The predicted octanol–water partition coefficient (Wildman–Crippen LogP) is 2.93. The lowest BCUT2D eigenvalue weighted by atomic mass is 10.2. The van der Waals surface area contributed by atoms with E-state index in [1.807, 2.05) is 0 Å². The first-order valence-corrected chi connectivity index (χ1v) is 5.14. The van der Waals surface area contributed by atoms with Crippen LogP contribution in [0.3, 0.4) is 0 Å². The first kappa shape index (κ1) is 12.8. The Morgan fingerprint density at radius 2 is 2.25 bits per heavy atom. The van der Waals surface area contributed by atoms with Gasteiger partial charge in [0.05, 0.1) is 18.2 Å². The SMILES string of the molecule is CCOC(=O)c1cc(C(F)F)cc(CCl)n1. The molecule has 1 heterocycles. The molecule has 0 radical (unpaired) electrons. The number of carbonyl (C=O) groups excluding carboxylic acids is 1. The molecule has 0 bridgehead atoms. The maximum Gasteiger partial charge on any atom is 0.356 e. The van der Waals surface area contributed by atoms with Gasteiger partial charge in [-0.1, -0.05) is 0 Å². The van der Waals surface area contributed by atoms with Gasteiger partial charge >= 0.3 is 5.97 Å². The van der Waals surface area contributed by atoms with Gasteiger partial charge in [0.2, 0.25) is 0 Å². The van der Waals surface area contributed by atoms with Gasteiger partial charge in [-0.05, 0) is 19.1 Å². The molecule has 0 fully saturated rings. The van der Waals surface area contributed by atoms with E-state index in [2.05, 4.69) is 9.72 Å². The number of esters is 1. The number of pyridine rings is 1. The van der Waals surface area contributed by atoms with Crippen LogP contribution in [0.1, 0.15) is 35.1 Å². The quantitative estimate of drug-likeness (QED) is 0.608. The van der Waals surface area contributed by atoms with Gasteiger partial charge in [-0.2, -0.15) is 0 Å². The number of carbonyl (C=O) groups is 1. The Morgan fingerprint density at radius 3 is 2.75 bits per heavy atom. The topological polar surface area (TPSA) is 39.2 Å². The van der Waals surface area contributed by atoms with Crippen molar-refractivity contribution < 1.29 is 18.3 Å². The zero-order valence-corrected chi connectivity index (χ0v) is 9.30. The second-order valence-corrected chi connectivity index (χ2v) is 3.20.